The second-order valence-corrected chi connectivity index (χ2v) is 6.89. The van der Waals surface area contributed by atoms with Gasteiger partial charge in [0, 0.05) is 35.2 Å². The van der Waals surface area contributed by atoms with Crippen molar-refractivity contribution in [3.05, 3.63) is 94.5 Å². The Morgan fingerprint density at radius 2 is 1.48 bits per heavy atom. The fraction of sp³-hybridized carbons (Fsp3) is 0.0870. The van der Waals surface area contributed by atoms with Crippen LogP contribution in [-0.4, -0.2) is 25.3 Å². The smallest absolute Gasteiger partial charge is 0.255 e. The lowest BCUT2D eigenvalue weighted by Gasteiger charge is -2.07. The van der Waals surface area contributed by atoms with E-state index in [-0.39, 0.29) is 30.3 Å². The van der Waals surface area contributed by atoms with Gasteiger partial charge in [-0.1, -0.05) is 47.4 Å². The van der Waals surface area contributed by atoms with Crippen LogP contribution in [0, 0.1) is 0 Å². The predicted molar refractivity (Wildman–Crippen MR) is 116 cm³/mol. The third kappa shape index (κ3) is 5.43. The molecule has 142 valence electrons. The zero-order chi connectivity index (χ0) is 20.8. The number of hydrogen-bond donors (Lipinski definition) is 1. The summed E-state index contributed by atoms with van der Waals surface area (Å²) in [5.41, 5.74) is 2.40. The molecule has 1 N–H and O–H groups in total. The number of amides is 1. The van der Waals surface area contributed by atoms with Gasteiger partial charge in [0.25, 0.3) is 5.91 Å². The van der Waals surface area contributed by atoms with Crippen molar-refractivity contribution < 1.29 is 14.4 Å². The van der Waals surface area contributed by atoms with Crippen LogP contribution < -0.4 is 10.8 Å². The second kappa shape index (κ2) is 9.35. The van der Waals surface area contributed by atoms with Crippen LogP contribution in [0.25, 0.3) is 0 Å². The lowest BCUT2D eigenvalue weighted by Crippen LogP contribution is -2.14. The molecule has 0 bridgehead atoms. The molecule has 3 aromatic carbocycles. The van der Waals surface area contributed by atoms with Crippen molar-refractivity contribution in [2.24, 2.45) is 0 Å². The number of halogens is 1. The summed E-state index contributed by atoms with van der Waals surface area (Å²) < 4.78 is 0. The number of benzene rings is 3. The molecule has 0 spiro atoms. The molecule has 1 amide bonds. The van der Waals surface area contributed by atoms with Gasteiger partial charge in [0.15, 0.2) is 11.6 Å². The summed E-state index contributed by atoms with van der Waals surface area (Å²) in [7, 11) is 5.69. The Morgan fingerprint density at radius 3 is 2.17 bits per heavy atom. The van der Waals surface area contributed by atoms with Gasteiger partial charge in [-0.3, -0.25) is 14.4 Å². The number of carbonyl (C=O) groups is 3. The van der Waals surface area contributed by atoms with Crippen LogP contribution in [0.2, 0.25) is 5.02 Å². The summed E-state index contributed by atoms with van der Waals surface area (Å²) in [6.07, 6.45) is 0.162. The van der Waals surface area contributed by atoms with E-state index in [1.54, 1.807) is 72.8 Å². The molecule has 3 rings (SSSR count). The molecule has 0 atom stereocenters. The van der Waals surface area contributed by atoms with Crippen LogP contribution in [0.4, 0.5) is 5.69 Å². The van der Waals surface area contributed by atoms with Gasteiger partial charge < -0.3 is 5.32 Å². The van der Waals surface area contributed by atoms with Crippen molar-refractivity contribution in [1.29, 1.82) is 0 Å². The molecule has 29 heavy (non-hydrogen) atoms. The van der Waals surface area contributed by atoms with Gasteiger partial charge in [-0.2, -0.15) is 0 Å². The molecule has 0 aliphatic rings. The Kier molecular flexibility index (Phi) is 6.63. The maximum Gasteiger partial charge on any atom is 0.255 e. The fourth-order valence-electron chi connectivity index (χ4n) is 2.82. The van der Waals surface area contributed by atoms with Crippen molar-refractivity contribution >= 4 is 48.1 Å². The van der Waals surface area contributed by atoms with E-state index in [2.05, 4.69) is 5.32 Å². The van der Waals surface area contributed by atoms with Crippen LogP contribution in [-0.2, 0) is 0 Å². The van der Waals surface area contributed by atoms with Gasteiger partial charge in [0.1, 0.15) is 7.85 Å². The maximum absolute atomic E-state index is 12.4. The van der Waals surface area contributed by atoms with E-state index in [1.165, 1.54) is 0 Å². The van der Waals surface area contributed by atoms with Gasteiger partial charge >= 0.3 is 0 Å². The molecule has 0 aliphatic carbocycles. The van der Waals surface area contributed by atoms with Gasteiger partial charge in [-0.05, 0) is 42.5 Å². The van der Waals surface area contributed by atoms with Crippen molar-refractivity contribution in [2.75, 3.05) is 5.32 Å². The summed E-state index contributed by atoms with van der Waals surface area (Å²) in [4.78, 5) is 36.9. The monoisotopic (exact) mass is 401 g/mol. The molecule has 0 saturated heterocycles. The Labute approximate surface area is 175 Å². The first-order valence-corrected chi connectivity index (χ1v) is 9.40. The van der Waals surface area contributed by atoms with E-state index in [0.717, 1.165) is 0 Å². The molecule has 0 unspecified atom stereocenters. The van der Waals surface area contributed by atoms with Gasteiger partial charge in [0.2, 0.25) is 0 Å². The van der Waals surface area contributed by atoms with Crippen molar-refractivity contribution in [3.63, 3.8) is 0 Å². The summed E-state index contributed by atoms with van der Waals surface area (Å²) in [5, 5.41) is 3.13. The standard InChI is InChI=1S/C23H17BClNO3/c24-17-5-3-4-16(14-17)23(29)26-18-10-8-15(9-11-18)21(27)12-13-22(28)19-6-1-2-7-20(19)25/h1-11,14H,12-13H2,(H,26,29). The predicted octanol–water partition coefficient (Wildman–Crippen LogP) is 4.23. The summed E-state index contributed by atoms with van der Waals surface area (Å²) in [6.45, 7) is 0. The van der Waals surface area contributed by atoms with Crippen molar-refractivity contribution in [3.8, 4) is 0 Å². The average molecular weight is 402 g/mol. The lowest BCUT2D eigenvalue weighted by atomic mass is 9.94. The molecule has 4 nitrogen and oxygen atoms in total. The molecule has 6 heteroatoms. The molecule has 3 aromatic rings. The fourth-order valence-corrected chi connectivity index (χ4v) is 3.06. The van der Waals surface area contributed by atoms with Gasteiger partial charge in [-0.15, -0.1) is 0 Å². The highest BCUT2D eigenvalue weighted by Crippen LogP contribution is 2.19. The number of nitrogens with one attached hydrogen (secondary N) is 1. The zero-order valence-electron chi connectivity index (χ0n) is 15.5. The number of carbonyl (C=O) groups excluding carboxylic acids is 3. The maximum atomic E-state index is 12.4. The minimum atomic E-state index is -0.290. The quantitative estimate of drug-likeness (QED) is 0.476. The van der Waals surface area contributed by atoms with Gasteiger partial charge in [-0.25, -0.2) is 0 Å². The average Bonchev–Trinajstić information content (AvgIpc) is 2.72. The number of Topliss-reactive ketones (excluding diaryl/α,β-unsaturated/α-hetero) is 2. The number of hydrogen-bond acceptors (Lipinski definition) is 3. The molecular weight excluding hydrogens is 385 g/mol. The third-order valence-electron chi connectivity index (χ3n) is 4.37. The van der Waals surface area contributed by atoms with Crippen LogP contribution in [0.15, 0.2) is 72.8 Å². The number of rotatable bonds is 7. The molecule has 0 fully saturated rings. The minimum Gasteiger partial charge on any atom is -0.322 e. The molecular formula is C23H17BClNO3. The van der Waals surface area contributed by atoms with Crippen LogP contribution in [0.3, 0.4) is 0 Å². The molecule has 0 aromatic heterocycles. The highest BCUT2D eigenvalue weighted by molar-refractivity contribution is 6.34. The first kappa shape index (κ1) is 20.6. The normalized spacial score (nSPS) is 10.4. The molecule has 0 heterocycles. The SMILES string of the molecule is [B]c1cccc(C(=O)Nc2ccc(C(=O)CCC(=O)c3ccccc3Cl)cc2)c1. The van der Waals surface area contributed by atoms with Crippen molar-refractivity contribution in [1.82, 2.24) is 0 Å². The molecule has 2 radical (unpaired) electrons. The van der Waals surface area contributed by atoms with E-state index >= 15 is 0 Å². The van der Waals surface area contributed by atoms with E-state index < -0.39 is 0 Å². The molecule has 0 aliphatic heterocycles. The highest BCUT2D eigenvalue weighted by atomic mass is 35.5. The van der Waals surface area contributed by atoms with Crippen LogP contribution in [0.1, 0.15) is 43.9 Å². The Balaban J connectivity index is 1.58. The largest absolute Gasteiger partial charge is 0.322 e. The second-order valence-electron chi connectivity index (χ2n) is 6.48. The lowest BCUT2D eigenvalue weighted by molar-refractivity contribution is 0.0917. The Bertz CT molecular complexity index is 1060. The zero-order valence-corrected chi connectivity index (χ0v) is 16.3. The van der Waals surface area contributed by atoms with E-state index in [9.17, 15) is 14.4 Å². The first-order valence-electron chi connectivity index (χ1n) is 9.02. The Morgan fingerprint density at radius 1 is 0.793 bits per heavy atom. The van der Waals surface area contributed by atoms with Gasteiger partial charge in [0.05, 0.1) is 5.02 Å². The number of anilines is 1. The highest BCUT2D eigenvalue weighted by Gasteiger charge is 2.13. The van der Waals surface area contributed by atoms with E-state index in [1.807, 2.05) is 0 Å². The number of ketones is 2. The summed E-state index contributed by atoms with van der Waals surface area (Å²) in [5.74, 6) is -0.615. The Hall–Kier alpha value is -3.18. The van der Waals surface area contributed by atoms with E-state index in [4.69, 9.17) is 19.4 Å². The van der Waals surface area contributed by atoms with Crippen LogP contribution in [0.5, 0.6) is 0 Å². The van der Waals surface area contributed by atoms with Crippen LogP contribution >= 0.6 is 11.6 Å². The summed E-state index contributed by atoms with van der Waals surface area (Å²) in [6, 6.07) is 20.0. The first-order chi connectivity index (χ1) is 13.9. The van der Waals surface area contributed by atoms with Crippen molar-refractivity contribution in [2.45, 2.75) is 12.8 Å². The third-order valence-corrected chi connectivity index (χ3v) is 4.70. The summed E-state index contributed by atoms with van der Waals surface area (Å²) >= 11 is 6.02. The van der Waals surface area contributed by atoms with E-state index in [0.29, 0.717) is 32.9 Å². The molecule has 0 saturated carbocycles. The minimum absolute atomic E-state index is 0.0798. The topological polar surface area (TPSA) is 63.2 Å².